The minimum atomic E-state index is -1.37. The molecule has 0 aromatic carbocycles. The highest BCUT2D eigenvalue weighted by molar-refractivity contribution is 5.92. The number of primary amides is 1. The minimum absolute atomic E-state index is 0.368. The van der Waals surface area contributed by atoms with E-state index in [1.807, 2.05) is 0 Å². The molecule has 0 saturated carbocycles. The van der Waals surface area contributed by atoms with Crippen LogP contribution in [0.4, 0.5) is 0 Å². The number of hydrogen-bond donors (Lipinski definition) is 5. The number of rotatable bonds is 3. The van der Waals surface area contributed by atoms with Crippen molar-refractivity contribution in [1.29, 1.82) is 0 Å². The smallest absolute Gasteiger partial charge is 0.272 e. The van der Waals surface area contributed by atoms with Crippen LogP contribution in [-0.4, -0.2) is 60.8 Å². The molecule has 9 nitrogen and oxygen atoms in total. The predicted octanol–water partition coefficient (Wildman–Crippen LogP) is -2.70. The van der Waals surface area contributed by atoms with Crippen LogP contribution in [0.2, 0.25) is 0 Å². The highest BCUT2D eigenvalue weighted by atomic mass is 16.6. The van der Waals surface area contributed by atoms with Crippen molar-refractivity contribution in [3.63, 3.8) is 0 Å². The van der Waals surface area contributed by atoms with Gasteiger partial charge in [-0.05, 0) is 0 Å². The number of nitrogens with zero attached hydrogens (tertiary/aromatic N) is 2. The largest absolute Gasteiger partial charge is 0.493 e. The number of aromatic hydroxyl groups is 1. The van der Waals surface area contributed by atoms with Crippen molar-refractivity contribution in [3.8, 4) is 5.88 Å². The highest BCUT2D eigenvalue weighted by Gasteiger charge is 2.44. The van der Waals surface area contributed by atoms with Crippen LogP contribution < -0.4 is 5.73 Å². The standard InChI is InChI=1S/C9H13N3O6/c10-7(16)4-8(17)12(2-11-4)9-6(15)5(14)3(1-13)18-9/h2-3,5-6,9,13-15,17H,1H2,(H2,10,16)/t3-,5-,6-,9-/m0/s1. The maximum Gasteiger partial charge on any atom is 0.272 e. The number of hydrogen-bond acceptors (Lipinski definition) is 7. The fourth-order valence-electron chi connectivity index (χ4n) is 1.82. The summed E-state index contributed by atoms with van der Waals surface area (Å²) in [5, 5.41) is 37.9. The van der Waals surface area contributed by atoms with Crippen molar-refractivity contribution in [1.82, 2.24) is 9.55 Å². The average Bonchev–Trinajstić information content (AvgIpc) is 2.82. The van der Waals surface area contributed by atoms with Gasteiger partial charge in [0.15, 0.2) is 11.9 Å². The maximum absolute atomic E-state index is 10.9. The number of aromatic nitrogens is 2. The molecule has 6 N–H and O–H groups in total. The molecule has 1 aliphatic rings. The number of carbonyl (C=O) groups excluding carboxylic acids is 1. The van der Waals surface area contributed by atoms with Gasteiger partial charge in [0.05, 0.1) is 6.61 Å². The molecule has 0 spiro atoms. The lowest BCUT2D eigenvalue weighted by molar-refractivity contribution is -0.0553. The molecular weight excluding hydrogens is 246 g/mol. The van der Waals surface area contributed by atoms with Gasteiger partial charge in [0.2, 0.25) is 5.88 Å². The number of carbonyl (C=O) groups is 1. The third-order valence-electron chi connectivity index (χ3n) is 2.79. The Bertz CT molecular complexity index is 461. The third kappa shape index (κ3) is 1.82. The molecule has 2 heterocycles. The Morgan fingerprint density at radius 3 is 2.61 bits per heavy atom. The molecule has 0 aliphatic carbocycles. The fourth-order valence-corrected chi connectivity index (χ4v) is 1.82. The Hall–Kier alpha value is -1.68. The van der Waals surface area contributed by atoms with Crippen LogP contribution in [0.3, 0.4) is 0 Å². The van der Waals surface area contributed by atoms with E-state index in [9.17, 15) is 20.1 Å². The summed E-state index contributed by atoms with van der Waals surface area (Å²) in [4.78, 5) is 14.5. The summed E-state index contributed by atoms with van der Waals surface area (Å²) in [6.07, 6.45) is -3.76. The zero-order valence-electron chi connectivity index (χ0n) is 9.17. The number of amides is 1. The molecule has 18 heavy (non-hydrogen) atoms. The fraction of sp³-hybridized carbons (Fsp3) is 0.556. The van der Waals surface area contributed by atoms with Gasteiger partial charge in [-0.15, -0.1) is 0 Å². The van der Waals surface area contributed by atoms with Crippen molar-refractivity contribution >= 4 is 5.91 Å². The summed E-state index contributed by atoms with van der Waals surface area (Å²) in [6, 6.07) is 0. The van der Waals surface area contributed by atoms with Crippen molar-refractivity contribution in [2.45, 2.75) is 24.5 Å². The third-order valence-corrected chi connectivity index (χ3v) is 2.79. The molecular formula is C9H13N3O6. The molecule has 1 aromatic heterocycles. The lowest BCUT2D eigenvalue weighted by atomic mass is 10.1. The molecule has 1 aromatic rings. The van der Waals surface area contributed by atoms with Gasteiger partial charge in [-0.1, -0.05) is 0 Å². The zero-order chi connectivity index (χ0) is 13.4. The van der Waals surface area contributed by atoms with Gasteiger partial charge in [0, 0.05) is 0 Å². The van der Waals surface area contributed by atoms with Crippen molar-refractivity contribution in [3.05, 3.63) is 12.0 Å². The lowest BCUT2D eigenvalue weighted by Gasteiger charge is -2.16. The summed E-state index contributed by atoms with van der Waals surface area (Å²) in [5.74, 6) is -1.50. The number of ether oxygens (including phenoxy) is 1. The second-order valence-corrected chi connectivity index (χ2v) is 3.92. The number of nitrogens with two attached hydrogens (primary N) is 1. The summed E-state index contributed by atoms with van der Waals surface area (Å²) >= 11 is 0. The Morgan fingerprint density at radius 1 is 1.50 bits per heavy atom. The summed E-state index contributed by atoms with van der Waals surface area (Å²) in [7, 11) is 0. The number of aliphatic hydroxyl groups is 3. The Balaban J connectivity index is 2.30. The van der Waals surface area contributed by atoms with Crippen LogP contribution >= 0.6 is 0 Å². The highest BCUT2D eigenvalue weighted by Crippen LogP contribution is 2.32. The summed E-state index contributed by atoms with van der Waals surface area (Å²) in [5.41, 5.74) is 4.61. The minimum Gasteiger partial charge on any atom is -0.493 e. The molecule has 2 rings (SSSR count). The first kappa shape index (κ1) is 12.8. The molecule has 0 radical (unpaired) electrons. The van der Waals surface area contributed by atoms with Gasteiger partial charge >= 0.3 is 0 Å². The van der Waals surface area contributed by atoms with E-state index in [-0.39, 0.29) is 5.69 Å². The van der Waals surface area contributed by atoms with Gasteiger partial charge in [-0.25, -0.2) is 4.98 Å². The van der Waals surface area contributed by atoms with E-state index in [0.29, 0.717) is 0 Å². The van der Waals surface area contributed by atoms with E-state index in [0.717, 1.165) is 10.9 Å². The van der Waals surface area contributed by atoms with E-state index in [1.165, 1.54) is 0 Å². The van der Waals surface area contributed by atoms with Crippen LogP contribution in [0.15, 0.2) is 6.33 Å². The van der Waals surface area contributed by atoms with Gasteiger partial charge < -0.3 is 30.9 Å². The molecule has 9 heteroatoms. The SMILES string of the molecule is NC(=O)c1ncn([C@H]2O[C@@H](CO)[C@H](O)[C@@H]2O)c1O. The van der Waals surface area contributed by atoms with E-state index in [2.05, 4.69) is 4.98 Å². The first-order valence-electron chi connectivity index (χ1n) is 5.15. The van der Waals surface area contributed by atoms with Crippen LogP contribution in [0.5, 0.6) is 5.88 Å². The summed E-state index contributed by atoms with van der Waals surface area (Å²) in [6.45, 7) is -0.493. The van der Waals surface area contributed by atoms with Crippen LogP contribution in [-0.2, 0) is 4.74 Å². The molecule has 1 fully saturated rings. The maximum atomic E-state index is 10.9. The van der Waals surface area contributed by atoms with Crippen LogP contribution in [0, 0.1) is 0 Å². The first-order chi connectivity index (χ1) is 8.47. The summed E-state index contributed by atoms with van der Waals surface area (Å²) < 4.78 is 6.12. The Labute approximate surface area is 101 Å². The topological polar surface area (TPSA) is 151 Å². The molecule has 1 amide bonds. The van der Waals surface area contributed by atoms with Crippen molar-refractivity contribution in [2.24, 2.45) is 5.73 Å². The molecule has 0 unspecified atom stereocenters. The predicted molar refractivity (Wildman–Crippen MR) is 55.4 cm³/mol. The number of imidazole rings is 1. The van der Waals surface area contributed by atoms with Gasteiger partial charge in [-0.2, -0.15) is 0 Å². The Kier molecular flexibility index (Phi) is 3.22. The molecule has 4 atom stereocenters. The van der Waals surface area contributed by atoms with E-state index in [4.69, 9.17) is 15.6 Å². The quantitative estimate of drug-likeness (QED) is 0.396. The Morgan fingerprint density at radius 2 is 2.17 bits per heavy atom. The second kappa shape index (κ2) is 4.53. The average molecular weight is 259 g/mol. The van der Waals surface area contributed by atoms with Crippen LogP contribution in [0.25, 0.3) is 0 Å². The van der Waals surface area contributed by atoms with Gasteiger partial charge in [-0.3, -0.25) is 9.36 Å². The first-order valence-corrected chi connectivity index (χ1v) is 5.15. The lowest BCUT2D eigenvalue weighted by Crippen LogP contribution is -2.33. The number of aliphatic hydroxyl groups excluding tert-OH is 3. The van der Waals surface area contributed by atoms with Crippen molar-refractivity contribution in [2.75, 3.05) is 6.61 Å². The zero-order valence-corrected chi connectivity index (χ0v) is 9.17. The van der Waals surface area contributed by atoms with Crippen molar-refractivity contribution < 1.29 is 30.0 Å². The van der Waals surface area contributed by atoms with E-state index >= 15 is 0 Å². The molecule has 1 saturated heterocycles. The van der Waals surface area contributed by atoms with Gasteiger partial charge in [0.1, 0.15) is 24.6 Å². The molecule has 100 valence electrons. The van der Waals surface area contributed by atoms with E-state index < -0.39 is 42.9 Å². The van der Waals surface area contributed by atoms with Gasteiger partial charge in [0.25, 0.3) is 5.91 Å². The van der Waals surface area contributed by atoms with E-state index in [1.54, 1.807) is 0 Å². The normalized spacial score (nSPS) is 31.7. The molecule has 1 aliphatic heterocycles. The van der Waals surface area contributed by atoms with Crippen LogP contribution in [0.1, 0.15) is 16.7 Å². The second-order valence-electron chi connectivity index (χ2n) is 3.92. The monoisotopic (exact) mass is 259 g/mol. The molecule has 0 bridgehead atoms.